The van der Waals surface area contributed by atoms with E-state index in [0.717, 1.165) is 30.6 Å². The van der Waals surface area contributed by atoms with Gasteiger partial charge in [0.15, 0.2) is 5.13 Å². The van der Waals surface area contributed by atoms with E-state index in [4.69, 9.17) is 4.98 Å². The number of thiophene rings is 1. The van der Waals surface area contributed by atoms with Gasteiger partial charge in [-0.15, -0.1) is 22.7 Å². The fraction of sp³-hybridized carbons (Fsp3) is 0.609. The van der Waals surface area contributed by atoms with Crippen molar-refractivity contribution in [1.29, 1.82) is 0 Å². The second-order valence-corrected chi connectivity index (χ2v) is 11.7. The molecule has 4 aliphatic carbocycles. The van der Waals surface area contributed by atoms with Gasteiger partial charge in [-0.2, -0.15) is 0 Å². The van der Waals surface area contributed by atoms with E-state index >= 15 is 0 Å². The summed E-state index contributed by atoms with van der Waals surface area (Å²) >= 11 is 2.98. The molecule has 4 bridgehead atoms. The molecule has 2 aromatic heterocycles. The third-order valence-corrected chi connectivity index (χ3v) is 9.48. The van der Waals surface area contributed by atoms with Crippen molar-refractivity contribution in [3.8, 4) is 0 Å². The number of hydrogen-bond donors (Lipinski definition) is 1. The molecule has 1 N–H and O–H groups in total. The first-order valence-corrected chi connectivity index (χ1v) is 13.0. The number of carbonyl (C=O) groups is 2. The van der Waals surface area contributed by atoms with Crippen molar-refractivity contribution in [2.45, 2.75) is 62.8 Å². The molecular weight excluding hydrogens is 414 g/mol. The summed E-state index contributed by atoms with van der Waals surface area (Å²) in [6.07, 6.45) is 9.68. The average molecular weight is 442 g/mol. The van der Waals surface area contributed by atoms with Gasteiger partial charge in [-0.05, 0) is 80.6 Å². The smallest absolute Gasteiger partial charge is 0.264 e. The molecular formula is C23H27N3O2S2. The van der Waals surface area contributed by atoms with Crippen molar-refractivity contribution in [3.63, 3.8) is 0 Å². The van der Waals surface area contributed by atoms with E-state index in [9.17, 15) is 9.59 Å². The number of anilines is 1. The van der Waals surface area contributed by atoms with Crippen LogP contribution in [0.5, 0.6) is 0 Å². The lowest BCUT2D eigenvalue weighted by molar-refractivity contribution is -0.119. The predicted octanol–water partition coefficient (Wildman–Crippen LogP) is 4.92. The molecule has 5 fully saturated rings. The minimum atomic E-state index is -0.397. The molecule has 0 aromatic carbocycles. The summed E-state index contributed by atoms with van der Waals surface area (Å²) in [6, 6.07) is 3.32. The van der Waals surface area contributed by atoms with E-state index in [-0.39, 0.29) is 17.2 Å². The zero-order chi connectivity index (χ0) is 20.3. The number of aromatic nitrogens is 1. The van der Waals surface area contributed by atoms with Crippen molar-refractivity contribution in [3.05, 3.63) is 33.5 Å². The van der Waals surface area contributed by atoms with Gasteiger partial charge in [-0.3, -0.25) is 9.59 Å². The molecule has 2 amide bonds. The first kappa shape index (κ1) is 19.0. The van der Waals surface area contributed by atoms with E-state index in [1.54, 1.807) is 16.2 Å². The van der Waals surface area contributed by atoms with Gasteiger partial charge >= 0.3 is 0 Å². The van der Waals surface area contributed by atoms with Crippen molar-refractivity contribution in [2.24, 2.45) is 17.8 Å². The van der Waals surface area contributed by atoms with Gasteiger partial charge in [0, 0.05) is 17.3 Å². The van der Waals surface area contributed by atoms with Crippen LogP contribution in [-0.2, 0) is 10.2 Å². The molecule has 7 heteroatoms. The summed E-state index contributed by atoms with van der Waals surface area (Å²) in [6.45, 7) is 0.644. The highest BCUT2D eigenvalue weighted by Gasteiger charge is 2.52. The maximum Gasteiger partial charge on any atom is 0.264 e. The first-order valence-electron chi connectivity index (χ1n) is 11.2. The highest BCUT2D eigenvalue weighted by molar-refractivity contribution is 7.14. The molecule has 7 rings (SSSR count). The third-order valence-electron chi connectivity index (χ3n) is 7.86. The van der Waals surface area contributed by atoms with Crippen LogP contribution in [0.4, 0.5) is 5.13 Å². The van der Waals surface area contributed by atoms with Crippen molar-refractivity contribution < 1.29 is 9.59 Å². The van der Waals surface area contributed by atoms with Crippen LogP contribution in [0.3, 0.4) is 0 Å². The molecule has 5 aliphatic rings. The van der Waals surface area contributed by atoms with Crippen LogP contribution in [-0.4, -0.2) is 34.3 Å². The SMILES string of the molecule is O=C(Nc1nc(C23CC4CC(CC(C4)C2)C3)cs1)[C@@H]1CCCN1C(=O)c1cccs1. The van der Waals surface area contributed by atoms with Crippen molar-refractivity contribution in [2.75, 3.05) is 11.9 Å². The number of nitrogens with zero attached hydrogens (tertiary/aromatic N) is 2. The minimum Gasteiger partial charge on any atom is -0.326 e. The van der Waals surface area contributed by atoms with E-state index < -0.39 is 6.04 Å². The zero-order valence-electron chi connectivity index (χ0n) is 17.0. The molecule has 1 aliphatic heterocycles. The lowest BCUT2D eigenvalue weighted by Gasteiger charge is -2.56. The van der Waals surface area contributed by atoms with Gasteiger partial charge < -0.3 is 10.2 Å². The van der Waals surface area contributed by atoms with Crippen LogP contribution in [0.1, 0.15) is 66.7 Å². The first-order chi connectivity index (χ1) is 14.6. The largest absolute Gasteiger partial charge is 0.326 e. The lowest BCUT2D eigenvalue weighted by atomic mass is 9.49. The third kappa shape index (κ3) is 3.12. The van der Waals surface area contributed by atoms with E-state index in [1.807, 2.05) is 17.5 Å². The van der Waals surface area contributed by atoms with Gasteiger partial charge in [0.1, 0.15) is 6.04 Å². The Morgan fingerprint density at radius 1 is 1.10 bits per heavy atom. The summed E-state index contributed by atoms with van der Waals surface area (Å²) in [5.41, 5.74) is 1.46. The molecule has 3 heterocycles. The van der Waals surface area contributed by atoms with Crippen LogP contribution in [0.25, 0.3) is 0 Å². The monoisotopic (exact) mass is 441 g/mol. The summed E-state index contributed by atoms with van der Waals surface area (Å²) < 4.78 is 0. The van der Waals surface area contributed by atoms with Crippen molar-refractivity contribution in [1.82, 2.24) is 9.88 Å². The summed E-state index contributed by atoms with van der Waals surface area (Å²) in [7, 11) is 0. The Balaban J connectivity index is 1.17. The number of likely N-dealkylation sites (tertiary alicyclic amines) is 1. The maximum atomic E-state index is 13.0. The predicted molar refractivity (Wildman–Crippen MR) is 119 cm³/mol. The molecule has 30 heavy (non-hydrogen) atoms. The summed E-state index contributed by atoms with van der Waals surface area (Å²) in [5, 5.41) is 7.83. The minimum absolute atomic E-state index is 0.0314. The quantitative estimate of drug-likeness (QED) is 0.733. The molecule has 4 saturated carbocycles. The average Bonchev–Trinajstić information content (AvgIpc) is 3.47. The zero-order valence-corrected chi connectivity index (χ0v) is 18.6. The number of carbonyl (C=O) groups excluding carboxylic acids is 2. The fourth-order valence-electron chi connectivity index (χ4n) is 7.01. The van der Waals surface area contributed by atoms with Crippen LogP contribution in [0.15, 0.2) is 22.9 Å². The Morgan fingerprint density at radius 2 is 1.83 bits per heavy atom. The van der Waals surface area contributed by atoms with Crippen LogP contribution < -0.4 is 5.32 Å². The highest BCUT2D eigenvalue weighted by atomic mass is 32.1. The fourth-order valence-corrected chi connectivity index (χ4v) is 8.53. The number of thiazole rings is 1. The molecule has 2 aromatic rings. The van der Waals surface area contributed by atoms with Crippen LogP contribution in [0.2, 0.25) is 0 Å². The maximum absolute atomic E-state index is 13.0. The van der Waals surface area contributed by atoms with Crippen LogP contribution >= 0.6 is 22.7 Å². The molecule has 5 nitrogen and oxygen atoms in total. The van der Waals surface area contributed by atoms with Gasteiger partial charge in [0.2, 0.25) is 5.91 Å². The number of rotatable bonds is 4. The standard InChI is InChI=1S/C23H27N3O2S2/c27-20(17-3-1-5-26(17)21(28)18-4-2-6-29-18)25-22-24-19(13-30-22)23-10-14-7-15(11-23)9-16(8-14)12-23/h2,4,6,13-17H,1,3,5,7-12H2,(H,24,25,27)/t14?,15?,16?,17-,23?/m0/s1. The summed E-state index contributed by atoms with van der Waals surface area (Å²) in [5.74, 6) is 2.52. The Bertz CT molecular complexity index is 932. The van der Waals surface area contributed by atoms with Crippen LogP contribution in [0, 0.1) is 17.8 Å². The Morgan fingerprint density at radius 3 is 2.50 bits per heavy atom. The molecule has 1 saturated heterocycles. The normalized spacial score (nSPS) is 34.5. The Kier molecular flexibility index (Phi) is 4.53. The van der Waals surface area contributed by atoms with E-state index in [2.05, 4.69) is 10.7 Å². The number of amides is 2. The van der Waals surface area contributed by atoms with E-state index in [0.29, 0.717) is 16.6 Å². The lowest BCUT2D eigenvalue weighted by Crippen LogP contribution is -2.48. The molecule has 0 unspecified atom stereocenters. The second-order valence-electron chi connectivity index (χ2n) is 9.86. The number of hydrogen-bond acceptors (Lipinski definition) is 5. The Labute approximate surface area is 184 Å². The summed E-state index contributed by atoms with van der Waals surface area (Å²) in [4.78, 5) is 33.2. The van der Waals surface area contributed by atoms with Gasteiger partial charge in [-0.25, -0.2) is 4.98 Å². The van der Waals surface area contributed by atoms with Gasteiger partial charge in [-0.1, -0.05) is 6.07 Å². The Hall–Kier alpha value is -1.73. The molecule has 0 spiro atoms. The van der Waals surface area contributed by atoms with Gasteiger partial charge in [0.05, 0.1) is 10.6 Å². The molecule has 0 radical (unpaired) electrons. The second kappa shape index (κ2) is 7.16. The van der Waals surface area contributed by atoms with Crippen molar-refractivity contribution >= 4 is 39.6 Å². The topological polar surface area (TPSA) is 62.3 Å². The highest BCUT2D eigenvalue weighted by Crippen LogP contribution is 2.60. The molecule has 1 atom stereocenters. The molecule has 158 valence electrons. The van der Waals surface area contributed by atoms with Gasteiger partial charge in [0.25, 0.3) is 5.91 Å². The van der Waals surface area contributed by atoms with E-state index in [1.165, 1.54) is 55.6 Å². The number of nitrogens with one attached hydrogen (secondary N) is 1.